The van der Waals surface area contributed by atoms with E-state index in [-0.39, 0.29) is 28.2 Å². The fraction of sp³-hybridized carbons (Fsp3) is 0.292. The van der Waals surface area contributed by atoms with Gasteiger partial charge in [-0.25, -0.2) is 0 Å². The lowest BCUT2D eigenvalue weighted by Gasteiger charge is -2.39. The summed E-state index contributed by atoms with van der Waals surface area (Å²) in [5.74, 6) is -0.519. The van der Waals surface area contributed by atoms with Crippen LogP contribution in [0.3, 0.4) is 0 Å². The van der Waals surface area contributed by atoms with Crippen LogP contribution in [0.4, 0.5) is 0 Å². The summed E-state index contributed by atoms with van der Waals surface area (Å²) >= 11 is 0. The lowest BCUT2D eigenvalue weighted by atomic mass is 9.96. The zero-order valence-electron chi connectivity index (χ0n) is 17.6. The smallest absolute Gasteiger partial charge is 0.229 e. The third-order valence-electron chi connectivity index (χ3n) is 5.42. The van der Waals surface area contributed by atoms with E-state index in [1.165, 1.54) is 42.5 Å². The number of phenolic OH excluding ortho intramolecular Hbond substituents is 1. The van der Waals surface area contributed by atoms with E-state index in [1.807, 2.05) is 0 Å². The molecule has 1 heterocycles. The van der Waals surface area contributed by atoms with Gasteiger partial charge in [0.15, 0.2) is 5.78 Å². The summed E-state index contributed by atoms with van der Waals surface area (Å²) in [7, 11) is 0. The highest BCUT2D eigenvalue weighted by Gasteiger charge is 2.45. The molecule has 2 aromatic carbocycles. The van der Waals surface area contributed by atoms with Gasteiger partial charge in [-0.2, -0.15) is 0 Å². The highest BCUT2D eigenvalue weighted by molar-refractivity contribution is 6.05. The van der Waals surface area contributed by atoms with Crippen molar-refractivity contribution >= 4 is 5.78 Å². The van der Waals surface area contributed by atoms with Crippen molar-refractivity contribution in [1.82, 2.24) is 0 Å². The van der Waals surface area contributed by atoms with Crippen LogP contribution in [-0.4, -0.2) is 73.7 Å². The van der Waals surface area contributed by atoms with E-state index in [0.717, 1.165) is 6.08 Å². The van der Waals surface area contributed by atoms with E-state index in [9.17, 15) is 35.4 Å². The standard InChI is InChI=1S/C24H26O9/c1-3-16(26)12-5-7-18(28)14(9-12)15-10-13(17(27)4-2)6-8-19(15)32-24-23(31)22(30)21(29)20(11-25)33-24/h3-10,16,20-26,28-31H,1-2,11H2/t16?,20-,21-,22+,23-,24-/m1/s1. The summed E-state index contributed by atoms with van der Waals surface area (Å²) in [4.78, 5) is 12.2. The van der Waals surface area contributed by atoms with E-state index in [1.54, 1.807) is 0 Å². The number of allylic oxidation sites excluding steroid dienone is 1. The quantitative estimate of drug-likeness (QED) is 0.191. The second kappa shape index (κ2) is 10.3. The minimum atomic E-state index is -1.66. The largest absolute Gasteiger partial charge is 0.507 e. The highest BCUT2D eigenvalue weighted by Crippen LogP contribution is 2.39. The minimum Gasteiger partial charge on any atom is -0.507 e. The Morgan fingerprint density at radius 1 is 1.06 bits per heavy atom. The molecule has 6 atom stereocenters. The molecule has 6 N–H and O–H groups in total. The first kappa shape index (κ1) is 24.6. The van der Waals surface area contributed by atoms with Gasteiger partial charge in [-0.15, -0.1) is 6.58 Å². The number of ether oxygens (including phenoxy) is 2. The Hall–Kier alpha value is -3.05. The fourth-order valence-electron chi connectivity index (χ4n) is 3.49. The second-order valence-corrected chi connectivity index (χ2v) is 7.55. The number of rotatable bonds is 8. The molecule has 1 fully saturated rings. The first-order valence-electron chi connectivity index (χ1n) is 10.1. The molecule has 0 spiro atoms. The molecule has 9 nitrogen and oxygen atoms in total. The average Bonchev–Trinajstić information content (AvgIpc) is 2.83. The number of hydrogen-bond acceptors (Lipinski definition) is 9. The number of carbonyl (C=O) groups is 1. The normalized spacial score (nSPS) is 25.8. The van der Waals surface area contributed by atoms with Crippen molar-refractivity contribution in [2.24, 2.45) is 0 Å². The maximum atomic E-state index is 12.2. The summed E-state index contributed by atoms with van der Waals surface area (Å²) in [6.07, 6.45) is -6.12. The van der Waals surface area contributed by atoms with Crippen molar-refractivity contribution in [3.63, 3.8) is 0 Å². The molecule has 1 aliphatic rings. The Kier molecular flexibility index (Phi) is 7.65. The molecule has 0 bridgehead atoms. The van der Waals surface area contributed by atoms with Gasteiger partial charge in [-0.3, -0.25) is 4.79 Å². The van der Waals surface area contributed by atoms with E-state index >= 15 is 0 Å². The van der Waals surface area contributed by atoms with Crippen LogP contribution in [0.2, 0.25) is 0 Å². The number of aliphatic hydroxyl groups is 5. The van der Waals surface area contributed by atoms with Crippen LogP contribution >= 0.6 is 0 Å². The number of carbonyl (C=O) groups excluding carboxylic acids is 1. The van der Waals surface area contributed by atoms with Crippen LogP contribution in [-0.2, 0) is 4.74 Å². The predicted molar refractivity (Wildman–Crippen MR) is 118 cm³/mol. The van der Waals surface area contributed by atoms with Gasteiger partial charge < -0.3 is 40.1 Å². The predicted octanol–water partition coefficient (Wildman–Crippen LogP) is 0.826. The molecular weight excluding hydrogens is 432 g/mol. The maximum Gasteiger partial charge on any atom is 0.229 e. The molecule has 0 saturated carbocycles. The van der Waals surface area contributed by atoms with Gasteiger partial charge in [0.1, 0.15) is 35.9 Å². The van der Waals surface area contributed by atoms with Crippen LogP contribution in [0.1, 0.15) is 22.0 Å². The number of aliphatic hydroxyl groups excluding tert-OH is 5. The molecule has 0 radical (unpaired) electrons. The molecule has 0 aromatic heterocycles. The van der Waals surface area contributed by atoms with Crippen molar-refractivity contribution in [3.05, 3.63) is 72.8 Å². The van der Waals surface area contributed by atoms with Gasteiger partial charge in [0.2, 0.25) is 6.29 Å². The second-order valence-electron chi connectivity index (χ2n) is 7.55. The number of phenols is 1. The van der Waals surface area contributed by atoms with Gasteiger partial charge in [-0.1, -0.05) is 18.7 Å². The summed E-state index contributed by atoms with van der Waals surface area (Å²) < 4.78 is 11.2. The molecule has 0 aliphatic carbocycles. The van der Waals surface area contributed by atoms with Crippen LogP contribution in [0.15, 0.2) is 61.7 Å². The molecule has 0 amide bonds. The number of aromatic hydroxyl groups is 1. The number of hydrogen-bond donors (Lipinski definition) is 6. The fourth-order valence-corrected chi connectivity index (χ4v) is 3.49. The van der Waals surface area contributed by atoms with Crippen LogP contribution in [0.25, 0.3) is 11.1 Å². The third-order valence-corrected chi connectivity index (χ3v) is 5.42. The molecule has 9 heteroatoms. The van der Waals surface area contributed by atoms with Gasteiger partial charge in [0.05, 0.1) is 12.7 Å². The van der Waals surface area contributed by atoms with Crippen LogP contribution in [0.5, 0.6) is 11.5 Å². The Labute approximate surface area is 190 Å². The van der Waals surface area contributed by atoms with Gasteiger partial charge in [0, 0.05) is 16.7 Å². The van der Waals surface area contributed by atoms with E-state index in [4.69, 9.17) is 9.47 Å². The molecule has 1 unspecified atom stereocenters. The van der Waals surface area contributed by atoms with Gasteiger partial charge in [-0.05, 0) is 42.0 Å². The lowest BCUT2D eigenvalue weighted by molar-refractivity contribution is -0.277. The third kappa shape index (κ3) is 4.98. The maximum absolute atomic E-state index is 12.2. The average molecular weight is 458 g/mol. The van der Waals surface area contributed by atoms with Gasteiger partial charge >= 0.3 is 0 Å². The lowest BCUT2D eigenvalue weighted by Crippen LogP contribution is -2.60. The Balaban J connectivity index is 2.09. The van der Waals surface area contributed by atoms with Gasteiger partial charge in [0.25, 0.3) is 0 Å². The van der Waals surface area contributed by atoms with Crippen molar-refractivity contribution in [2.75, 3.05) is 6.61 Å². The Morgan fingerprint density at radius 3 is 2.42 bits per heavy atom. The Bertz CT molecular complexity index is 1030. The van der Waals surface area contributed by atoms with Crippen molar-refractivity contribution in [1.29, 1.82) is 0 Å². The zero-order valence-corrected chi connectivity index (χ0v) is 17.6. The molecule has 2 aromatic rings. The number of ketones is 1. The topological polar surface area (TPSA) is 157 Å². The van der Waals surface area contributed by atoms with E-state index < -0.39 is 49.2 Å². The van der Waals surface area contributed by atoms with E-state index in [0.29, 0.717) is 5.56 Å². The van der Waals surface area contributed by atoms with Crippen LogP contribution in [0, 0.1) is 0 Å². The van der Waals surface area contributed by atoms with Crippen molar-refractivity contribution < 1.29 is 44.9 Å². The number of benzene rings is 2. The summed E-state index contributed by atoms with van der Waals surface area (Å²) in [6, 6.07) is 8.62. The van der Waals surface area contributed by atoms with E-state index in [2.05, 4.69) is 13.2 Å². The molecule has 1 saturated heterocycles. The molecule has 1 aliphatic heterocycles. The first-order valence-corrected chi connectivity index (χ1v) is 10.1. The first-order chi connectivity index (χ1) is 15.7. The molecular formula is C24H26O9. The monoisotopic (exact) mass is 458 g/mol. The van der Waals surface area contributed by atoms with Crippen molar-refractivity contribution in [3.8, 4) is 22.6 Å². The highest BCUT2D eigenvalue weighted by atomic mass is 16.7. The molecule has 33 heavy (non-hydrogen) atoms. The van der Waals surface area contributed by atoms with Crippen molar-refractivity contribution in [2.45, 2.75) is 36.8 Å². The zero-order chi connectivity index (χ0) is 24.3. The minimum absolute atomic E-state index is 0.0560. The Morgan fingerprint density at radius 2 is 1.79 bits per heavy atom. The van der Waals surface area contributed by atoms with Crippen LogP contribution < -0.4 is 4.74 Å². The SMILES string of the molecule is C=CC(=O)c1ccc(O[C@@H]2O[C@H](CO)[C@@H](O)[C@H](O)[C@H]2O)c(-c2cc(C(O)C=C)ccc2O)c1. The summed E-state index contributed by atoms with van der Waals surface area (Å²) in [6.45, 7) is 6.37. The molecule has 176 valence electrons. The summed E-state index contributed by atoms with van der Waals surface area (Å²) in [5.41, 5.74) is 1.06. The molecule has 3 rings (SSSR count). The summed E-state index contributed by atoms with van der Waals surface area (Å²) in [5, 5.41) is 60.4.